The Labute approximate surface area is 107 Å². The molecule has 2 amide bonds. The largest absolute Gasteiger partial charge is 0.447 e. The van der Waals surface area contributed by atoms with E-state index in [1.165, 1.54) is 0 Å². The van der Waals surface area contributed by atoms with Crippen LogP contribution in [0.1, 0.15) is 13.8 Å². The lowest BCUT2D eigenvalue weighted by Gasteiger charge is -2.09. The molecule has 7 heteroatoms. The van der Waals surface area contributed by atoms with Crippen molar-refractivity contribution in [1.82, 2.24) is 10.6 Å². The molecule has 0 aromatic carbocycles. The topological polar surface area (TPSA) is 85.9 Å². The van der Waals surface area contributed by atoms with Gasteiger partial charge in [-0.25, -0.2) is 4.79 Å². The number of hydrogen-bond donors (Lipinski definition) is 2. The lowest BCUT2D eigenvalue weighted by molar-refractivity contribution is -0.120. The van der Waals surface area contributed by atoms with Crippen LogP contribution in [0, 0.1) is 0 Å². The second-order valence-corrected chi connectivity index (χ2v) is 3.82. The molecule has 0 fully saturated rings. The second kappa shape index (κ2) is 10.8. The Kier molecular flexibility index (Phi) is 9.99. The van der Waals surface area contributed by atoms with Gasteiger partial charge in [-0.1, -0.05) is 0 Å². The van der Waals surface area contributed by atoms with E-state index < -0.39 is 6.09 Å². The van der Waals surface area contributed by atoms with Crippen molar-refractivity contribution in [3.63, 3.8) is 0 Å². The van der Waals surface area contributed by atoms with Crippen LogP contribution in [0.15, 0.2) is 0 Å². The third-order valence-electron chi connectivity index (χ3n) is 1.74. The molecule has 0 unspecified atom stereocenters. The van der Waals surface area contributed by atoms with Crippen LogP contribution in [-0.2, 0) is 19.0 Å². The molecule has 0 aliphatic heterocycles. The number of methoxy groups -OCH3 is 1. The Bertz CT molecular complexity index is 246. The SMILES string of the molecule is COCCOCCOC(=O)NCC(=O)NC(C)C. The summed E-state index contributed by atoms with van der Waals surface area (Å²) >= 11 is 0. The summed E-state index contributed by atoms with van der Waals surface area (Å²) in [4.78, 5) is 22.3. The summed E-state index contributed by atoms with van der Waals surface area (Å²) in [6.07, 6.45) is -0.635. The molecule has 2 N–H and O–H groups in total. The molecule has 7 nitrogen and oxygen atoms in total. The number of hydrogen-bond acceptors (Lipinski definition) is 5. The molecule has 0 aliphatic rings. The third kappa shape index (κ3) is 11.2. The normalized spacial score (nSPS) is 10.2. The molecule has 0 aliphatic carbocycles. The highest BCUT2D eigenvalue weighted by Crippen LogP contribution is 1.82. The Morgan fingerprint density at radius 2 is 1.78 bits per heavy atom. The second-order valence-electron chi connectivity index (χ2n) is 3.82. The minimum absolute atomic E-state index is 0.0458. The van der Waals surface area contributed by atoms with Gasteiger partial charge in [0.1, 0.15) is 13.2 Å². The van der Waals surface area contributed by atoms with E-state index in [1.54, 1.807) is 7.11 Å². The molecule has 0 radical (unpaired) electrons. The fraction of sp³-hybridized carbons (Fsp3) is 0.818. The lowest BCUT2D eigenvalue weighted by Crippen LogP contribution is -2.40. The van der Waals surface area contributed by atoms with E-state index in [-0.39, 0.29) is 25.1 Å². The summed E-state index contributed by atoms with van der Waals surface area (Å²) in [7, 11) is 1.58. The van der Waals surface area contributed by atoms with E-state index in [4.69, 9.17) is 14.2 Å². The van der Waals surface area contributed by atoms with Gasteiger partial charge >= 0.3 is 6.09 Å². The van der Waals surface area contributed by atoms with Crippen LogP contribution in [0.5, 0.6) is 0 Å². The number of amides is 2. The van der Waals surface area contributed by atoms with E-state index in [0.717, 1.165) is 0 Å². The van der Waals surface area contributed by atoms with Crippen LogP contribution in [0.2, 0.25) is 0 Å². The molecule has 0 spiro atoms. The van der Waals surface area contributed by atoms with Gasteiger partial charge in [-0.3, -0.25) is 4.79 Å². The van der Waals surface area contributed by atoms with E-state index in [1.807, 2.05) is 13.8 Å². The van der Waals surface area contributed by atoms with Gasteiger partial charge in [-0.2, -0.15) is 0 Å². The zero-order valence-corrected chi connectivity index (χ0v) is 11.2. The monoisotopic (exact) mass is 262 g/mol. The summed E-state index contributed by atoms with van der Waals surface area (Å²) in [5.41, 5.74) is 0. The predicted molar refractivity (Wildman–Crippen MR) is 65.3 cm³/mol. The number of ether oxygens (including phenoxy) is 3. The molecule has 0 bridgehead atoms. The first-order valence-corrected chi connectivity index (χ1v) is 5.83. The van der Waals surface area contributed by atoms with Gasteiger partial charge < -0.3 is 24.8 Å². The number of nitrogens with one attached hydrogen (secondary N) is 2. The highest BCUT2D eigenvalue weighted by molar-refractivity contribution is 5.82. The molecular formula is C11H22N2O5. The number of alkyl carbamates (subject to hydrolysis) is 1. The van der Waals surface area contributed by atoms with Crippen molar-refractivity contribution in [2.24, 2.45) is 0 Å². The third-order valence-corrected chi connectivity index (χ3v) is 1.74. The van der Waals surface area contributed by atoms with Crippen molar-refractivity contribution in [2.45, 2.75) is 19.9 Å². The fourth-order valence-corrected chi connectivity index (χ4v) is 1.01. The quantitative estimate of drug-likeness (QED) is 0.567. The van der Waals surface area contributed by atoms with Crippen LogP contribution < -0.4 is 10.6 Å². The van der Waals surface area contributed by atoms with Gasteiger partial charge in [0.2, 0.25) is 5.91 Å². The number of carbonyl (C=O) groups is 2. The molecule has 0 saturated heterocycles. The summed E-state index contributed by atoms with van der Waals surface area (Å²) < 4.78 is 14.7. The van der Waals surface area contributed by atoms with Gasteiger partial charge in [0.05, 0.1) is 19.8 Å². The van der Waals surface area contributed by atoms with Crippen LogP contribution in [-0.4, -0.2) is 58.1 Å². The average molecular weight is 262 g/mol. The van der Waals surface area contributed by atoms with Crippen molar-refractivity contribution >= 4 is 12.0 Å². The van der Waals surface area contributed by atoms with Gasteiger partial charge in [-0.05, 0) is 13.8 Å². The Hall–Kier alpha value is -1.34. The standard InChI is InChI=1S/C11H22N2O5/c1-9(2)13-10(14)8-12-11(15)18-7-6-17-5-4-16-3/h9H,4-8H2,1-3H3,(H,12,15)(H,13,14). The Morgan fingerprint density at radius 3 is 2.39 bits per heavy atom. The summed E-state index contributed by atoms with van der Waals surface area (Å²) in [6.45, 7) is 4.98. The highest BCUT2D eigenvalue weighted by atomic mass is 16.6. The molecular weight excluding hydrogens is 240 g/mol. The van der Waals surface area contributed by atoms with Crippen LogP contribution >= 0.6 is 0 Å². The summed E-state index contributed by atoms with van der Waals surface area (Å²) in [5, 5.41) is 4.98. The van der Waals surface area contributed by atoms with Crippen molar-refractivity contribution < 1.29 is 23.8 Å². The van der Waals surface area contributed by atoms with Crippen LogP contribution in [0.25, 0.3) is 0 Å². The predicted octanol–water partition coefficient (Wildman–Crippen LogP) is -0.0998. The minimum atomic E-state index is -0.635. The van der Waals surface area contributed by atoms with Gasteiger partial charge in [0.25, 0.3) is 0 Å². The summed E-state index contributed by atoms with van der Waals surface area (Å²) in [6, 6.07) is 0.0458. The van der Waals surface area contributed by atoms with E-state index in [9.17, 15) is 9.59 Å². The van der Waals surface area contributed by atoms with Crippen molar-refractivity contribution in [3.8, 4) is 0 Å². The van der Waals surface area contributed by atoms with E-state index in [0.29, 0.717) is 19.8 Å². The molecule has 106 valence electrons. The molecule has 0 rings (SSSR count). The van der Waals surface area contributed by atoms with Crippen molar-refractivity contribution in [1.29, 1.82) is 0 Å². The van der Waals surface area contributed by atoms with E-state index >= 15 is 0 Å². The number of carbonyl (C=O) groups excluding carboxylic acids is 2. The van der Waals surface area contributed by atoms with Gasteiger partial charge in [0, 0.05) is 13.2 Å². The first kappa shape index (κ1) is 16.7. The van der Waals surface area contributed by atoms with Crippen LogP contribution in [0.4, 0.5) is 4.79 Å². The molecule has 0 aromatic heterocycles. The maximum Gasteiger partial charge on any atom is 0.407 e. The van der Waals surface area contributed by atoms with Crippen molar-refractivity contribution in [3.05, 3.63) is 0 Å². The number of rotatable bonds is 9. The van der Waals surface area contributed by atoms with E-state index in [2.05, 4.69) is 10.6 Å². The maximum atomic E-state index is 11.2. The zero-order valence-electron chi connectivity index (χ0n) is 11.2. The van der Waals surface area contributed by atoms with Gasteiger partial charge in [-0.15, -0.1) is 0 Å². The Morgan fingerprint density at radius 1 is 1.11 bits per heavy atom. The molecule has 0 saturated carbocycles. The fourth-order valence-electron chi connectivity index (χ4n) is 1.01. The highest BCUT2D eigenvalue weighted by Gasteiger charge is 2.06. The van der Waals surface area contributed by atoms with Crippen LogP contribution in [0.3, 0.4) is 0 Å². The maximum absolute atomic E-state index is 11.2. The average Bonchev–Trinajstić information content (AvgIpc) is 2.30. The zero-order chi connectivity index (χ0) is 13.8. The Balaban J connectivity index is 3.40. The molecule has 0 atom stereocenters. The van der Waals surface area contributed by atoms with Gasteiger partial charge in [0.15, 0.2) is 0 Å². The minimum Gasteiger partial charge on any atom is -0.447 e. The lowest BCUT2D eigenvalue weighted by atomic mass is 10.4. The molecule has 0 heterocycles. The van der Waals surface area contributed by atoms with Crippen molar-refractivity contribution in [2.75, 3.05) is 40.1 Å². The molecule has 18 heavy (non-hydrogen) atoms. The first-order chi connectivity index (χ1) is 8.56. The molecule has 0 aromatic rings. The summed E-state index contributed by atoms with van der Waals surface area (Å²) in [5.74, 6) is -0.252. The smallest absolute Gasteiger partial charge is 0.407 e. The first-order valence-electron chi connectivity index (χ1n) is 5.83.